The lowest BCUT2D eigenvalue weighted by molar-refractivity contribution is -0.128. The molecule has 2 aromatic carbocycles. The van der Waals surface area contributed by atoms with Crippen LogP contribution in [0.25, 0.3) is 32.9 Å². The van der Waals surface area contributed by atoms with Gasteiger partial charge in [0, 0.05) is 59.5 Å². The third kappa shape index (κ3) is 5.38. The molecule has 1 N–H and O–H groups in total. The number of nitrogens with one attached hydrogen (secondary N) is 1. The molecule has 1 unspecified atom stereocenters. The van der Waals surface area contributed by atoms with Gasteiger partial charge in [0.15, 0.2) is 5.82 Å². The van der Waals surface area contributed by atoms with Crippen LogP contribution in [0.3, 0.4) is 0 Å². The molecule has 0 spiro atoms. The van der Waals surface area contributed by atoms with E-state index < -0.39 is 5.82 Å². The summed E-state index contributed by atoms with van der Waals surface area (Å²) in [7, 11) is 3.92. The van der Waals surface area contributed by atoms with E-state index in [2.05, 4.69) is 26.7 Å². The van der Waals surface area contributed by atoms with E-state index in [1.807, 2.05) is 58.8 Å². The lowest BCUT2D eigenvalue weighted by Gasteiger charge is -2.44. The first-order chi connectivity index (χ1) is 21.0. The smallest absolute Gasteiger partial charge is 0.319 e. The first-order valence-electron chi connectivity index (χ1n) is 15.2. The summed E-state index contributed by atoms with van der Waals surface area (Å²) in [5.41, 5.74) is 3.86. The van der Waals surface area contributed by atoms with Crippen LogP contribution >= 0.6 is 11.6 Å². The van der Waals surface area contributed by atoms with Crippen LogP contribution in [0.5, 0.6) is 6.01 Å². The fraction of sp³-hybridized carbons (Fsp3) is 0.455. The number of carbonyl (C=O) groups is 1. The number of rotatable bonds is 8. The zero-order chi connectivity index (χ0) is 31.4. The molecular formula is C33H39ClFN7O2. The molecule has 1 aliphatic heterocycles. The topological polar surface area (TPSA) is 90.5 Å². The van der Waals surface area contributed by atoms with E-state index in [0.717, 1.165) is 40.6 Å². The maximum atomic E-state index is 17.1. The van der Waals surface area contributed by atoms with Crippen molar-refractivity contribution in [3.05, 3.63) is 53.0 Å². The highest BCUT2D eigenvalue weighted by Gasteiger charge is 2.35. The summed E-state index contributed by atoms with van der Waals surface area (Å²) in [6, 6.07) is 5.56. The Kier molecular flexibility index (Phi) is 8.00. The fourth-order valence-electron chi connectivity index (χ4n) is 6.45. The Hall–Kier alpha value is -3.76. The van der Waals surface area contributed by atoms with Crippen molar-refractivity contribution in [3.8, 4) is 17.1 Å². The van der Waals surface area contributed by atoms with Gasteiger partial charge in [-0.05, 0) is 78.4 Å². The number of fused-ring (bicyclic) bond motifs is 2. The standard InChI is InChI=1S/C33H39ClFN7O2/c1-8-25(43)41-14-19(4)42(15-18(41)3)32-22-13-23(34)27(29(35)31(22)36-33(37-32)44-20(5)16-40(6)7)26-17(2)9-12-24-28(26)30(39-38-24)21-10-11-21/h8-9,12-13,18-21H,1,10-11,14-16H2,2-7H3,(H,38,39)/t18-,19+,20?/m1/s1. The molecule has 0 bridgehead atoms. The number of piperazine rings is 1. The molecular weight excluding hydrogens is 581 g/mol. The molecule has 44 heavy (non-hydrogen) atoms. The van der Waals surface area contributed by atoms with E-state index in [4.69, 9.17) is 21.3 Å². The number of nitrogens with zero attached hydrogens (tertiary/aromatic N) is 6. The van der Waals surface area contributed by atoms with E-state index >= 15 is 4.39 Å². The van der Waals surface area contributed by atoms with Crippen LogP contribution in [-0.2, 0) is 4.79 Å². The molecule has 3 atom stereocenters. The highest BCUT2D eigenvalue weighted by molar-refractivity contribution is 6.35. The van der Waals surface area contributed by atoms with E-state index in [1.54, 1.807) is 11.0 Å². The predicted molar refractivity (Wildman–Crippen MR) is 173 cm³/mol. The minimum Gasteiger partial charge on any atom is -0.459 e. The summed E-state index contributed by atoms with van der Waals surface area (Å²) in [6.07, 6.45) is 3.22. The van der Waals surface area contributed by atoms with Crippen molar-refractivity contribution in [1.29, 1.82) is 0 Å². The minimum absolute atomic E-state index is 0.0929. The van der Waals surface area contributed by atoms with Gasteiger partial charge < -0.3 is 19.4 Å². The Balaban J connectivity index is 1.55. The Morgan fingerprint density at radius 3 is 2.66 bits per heavy atom. The minimum atomic E-state index is -0.527. The van der Waals surface area contributed by atoms with Crippen LogP contribution in [0, 0.1) is 12.7 Å². The van der Waals surface area contributed by atoms with Crippen molar-refractivity contribution in [3.63, 3.8) is 0 Å². The predicted octanol–water partition coefficient (Wildman–Crippen LogP) is 6.09. The number of ether oxygens (including phenoxy) is 1. The van der Waals surface area contributed by atoms with Crippen molar-refractivity contribution in [1.82, 2.24) is 30.0 Å². The second-order valence-corrected chi connectivity index (χ2v) is 13.0. The fourth-order valence-corrected chi connectivity index (χ4v) is 6.74. The highest BCUT2D eigenvalue weighted by Crippen LogP contribution is 2.48. The summed E-state index contributed by atoms with van der Waals surface area (Å²) >= 11 is 7.03. The quantitative estimate of drug-likeness (QED) is 0.239. The van der Waals surface area contributed by atoms with Crippen molar-refractivity contribution < 1.29 is 13.9 Å². The number of anilines is 1. The van der Waals surface area contributed by atoms with Gasteiger partial charge in [0.2, 0.25) is 5.91 Å². The number of aromatic nitrogens is 4. The van der Waals surface area contributed by atoms with Crippen LogP contribution in [0.2, 0.25) is 5.02 Å². The molecule has 1 aliphatic carbocycles. The number of amides is 1. The monoisotopic (exact) mass is 619 g/mol. The summed E-state index contributed by atoms with van der Waals surface area (Å²) in [4.78, 5) is 27.9. The second-order valence-electron chi connectivity index (χ2n) is 12.6. The first kappa shape index (κ1) is 30.3. The Labute approximate surface area is 262 Å². The molecule has 2 aromatic heterocycles. The SMILES string of the molecule is C=CC(=O)N1C[C@H](C)N(c2nc(OC(C)CN(C)C)nc3c(F)c(-c4c(C)ccc5[nH]nc(C6CC6)c45)c(Cl)cc23)C[C@H]1C. The number of hydrogen-bond donors (Lipinski definition) is 1. The molecule has 0 radical (unpaired) electrons. The van der Waals surface area contributed by atoms with Gasteiger partial charge in [-0.15, -0.1) is 0 Å². The van der Waals surface area contributed by atoms with Crippen LogP contribution in [0.15, 0.2) is 30.9 Å². The average Bonchev–Trinajstić information content (AvgIpc) is 3.72. The normalized spacial score (nSPS) is 19.7. The number of hydrogen-bond acceptors (Lipinski definition) is 7. The second kappa shape index (κ2) is 11.6. The van der Waals surface area contributed by atoms with Gasteiger partial charge in [-0.3, -0.25) is 9.89 Å². The van der Waals surface area contributed by atoms with Gasteiger partial charge in [0.05, 0.1) is 16.2 Å². The zero-order valence-electron chi connectivity index (χ0n) is 26.1. The van der Waals surface area contributed by atoms with Crippen LogP contribution in [-0.4, -0.2) is 87.8 Å². The average molecular weight is 620 g/mol. The summed E-state index contributed by atoms with van der Waals surface area (Å²) in [5, 5.41) is 9.42. The molecule has 4 aromatic rings. The molecule has 2 aliphatic rings. The van der Waals surface area contributed by atoms with Crippen LogP contribution < -0.4 is 9.64 Å². The largest absolute Gasteiger partial charge is 0.459 e. The number of aryl methyl sites for hydroxylation is 1. The van der Waals surface area contributed by atoms with Crippen LogP contribution in [0.4, 0.5) is 10.2 Å². The van der Waals surface area contributed by atoms with Gasteiger partial charge in [-0.2, -0.15) is 15.1 Å². The number of H-pyrrole nitrogens is 1. The maximum Gasteiger partial charge on any atom is 0.319 e. The van der Waals surface area contributed by atoms with E-state index in [0.29, 0.717) is 42.3 Å². The van der Waals surface area contributed by atoms with Gasteiger partial charge in [0.1, 0.15) is 17.4 Å². The number of benzene rings is 2. The van der Waals surface area contributed by atoms with Crippen molar-refractivity contribution in [2.75, 3.05) is 38.6 Å². The Morgan fingerprint density at radius 1 is 1.23 bits per heavy atom. The zero-order valence-corrected chi connectivity index (χ0v) is 26.9. The summed E-state index contributed by atoms with van der Waals surface area (Å²) in [5.74, 6) is 0.234. The van der Waals surface area contributed by atoms with E-state index in [9.17, 15) is 4.79 Å². The van der Waals surface area contributed by atoms with Crippen molar-refractivity contribution >= 4 is 45.1 Å². The molecule has 1 saturated carbocycles. The summed E-state index contributed by atoms with van der Waals surface area (Å²) < 4.78 is 23.3. The first-order valence-corrected chi connectivity index (χ1v) is 15.5. The number of carbonyl (C=O) groups excluding carboxylic acids is 1. The van der Waals surface area contributed by atoms with E-state index in [1.165, 1.54) is 6.08 Å². The number of likely N-dealkylation sites (N-methyl/N-ethyl adjacent to an activating group) is 1. The number of aromatic amines is 1. The molecule has 2 fully saturated rings. The molecule has 232 valence electrons. The van der Waals surface area contributed by atoms with Crippen molar-refractivity contribution in [2.45, 2.75) is 64.6 Å². The molecule has 1 saturated heterocycles. The molecule has 9 nitrogen and oxygen atoms in total. The third-order valence-electron chi connectivity index (χ3n) is 8.67. The van der Waals surface area contributed by atoms with Gasteiger partial charge >= 0.3 is 6.01 Å². The Morgan fingerprint density at radius 2 is 1.98 bits per heavy atom. The lowest BCUT2D eigenvalue weighted by atomic mass is 9.93. The highest BCUT2D eigenvalue weighted by atomic mass is 35.5. The molecule has 6 rings (SSSR count). The van der Waals surface area contributed by atoms with Gasteiger partial charge in [-0.25, -0.2) is 4.39 Å². The lowest BCUT2D eigenvalue weighted by Crippen LogP contribution is -2.58. The third-order valence-corrected chi connectivity index (χ3v) is 8.97. The Bertz CT molecular complexity index is 1770. The molecule has 11 heteroatoms. The molecule has 3 heterocycles. The molecule has 1 amide bonds. The van der Waals surface area contributed by atoms with E-state index in [-0.39, 0.29) is 40.6 Å². The number of halogens is 2. The summed E-state index contributed by atoms with van der Waals surface area (Å²) in [6.45, 7) is 13.1. The van der Waals surface area contributed by atoms with Gasteiger partial charge in [0.25, 0.3) is 0 Å². The van der Waals surface area contributed by atoms with Crippen molar-refractivity contribution in [2.24, 2.45) is 0 Å². The van der Waals surface area contributed by atoms with Gasteiger partial charge in [-0.1, -0.05) is 24.2 Å². The van der Waals surface area contributed by atoms with Crippen LogP contribution in [0.1, 0.15) is 50.8 Å². The maximum absolute atomic E-state index is 17.1.